The first-order valence-corrected chi connectivity index (χ1v) is 8.48. The maximum atomic E-state index is 11.6. The highest BCUT2D eigenvalue weighted by Crippen LogP contribution is 2.14. The monoisotopic (exact) mass is 402 g/mol. The number of esters is 1. The van der Waals surface area contributed by atoms with Crippen molar-refractivity contribution < 1.29 is 39.2 Å². The molecule has 0 aromatic heterocycles. The molecule has 0 spiro atoms. The number of hydrogen-bond donors (Lipinski definition) is 3. The topological polar surface area (TPSA) is 138 Å². The second-order valence-electron chi connectivity index (χ2n) is 7.21. The minimum absolute atomic E-state index is 0.0833. The summed E-state index contributed by atoms with van der Waals surface area (Å²) in [6, 6.07) is 10.7. The van der Waals surface area contributed by atoms with Crippen molar-refractivity contribution in [3.63, 3.8) is 0 Å². The summed E-state index contributed by atoms with van der Waals surface area (Å²) in [5, 5.41) is 25.6. The molecule has 8 nitrogen and oxygen atoms in total. The number of carboxylic acid groups (broad SMARTS) is 3. The lowest BCUT2D eigenvalue weighted by Crippen LogP contribution is -2.18. The normalized spacial score (nSPS) is 10.3. The molecule has 3 N–H and O–H groups in total. The van der Waals surface area contributed by atoms with Gasteiger partial charge in [-0.05, 0) is 53.9 Å². The number of rotatable bonds is 5. The fourth-order valence-electron chi connectivity index (χ4n) is 1.87. The van der Waals surface area contributed by atoms with E-state index in [0.717, 1.165) is 0 Å². The number of aromatic carboxylic acids is 3. The molecule has 8 heteroatoms. The Hall–Kier alpha value is -3.68. The summed E-state index contributed by atoms with van der Waals surface area (Å²) >= 11 is 0. The summed E-state index contributed by atoms with van der Waals surface area (Å²) in [5.41, 5.74) is 0.591. The highest BCUT2D eigenvalue weighted by molar-refractivity contribution is 5.93. The van der Waals surface area contributed by atoms with Gasteiger partial charge in [0, 0.05) is 0 Å². The Morgan fingerprint density at radius 2 is 0.931 bits per heavy atom. The molecule has 29 heavy (non-hydrogen) atoms. The van der Waals surface area contributed by atoms with E-state index in [1.54, 1.807) is 0 Å². The molecule has 0 fully saturated rings. The van der Waals surface area contributed by atoms with Gasteiger partial charge in [0.2, 0.25) is 0 Å². The average Bonchev–Trinajstić information content (AvgIpc) is 2.66. The summed E-state index contributed by atoms with van der Waals surface area (Å²) in [5.74, 6) is -3.57. The minimum Gasteiger partial charge on any atom is -0.478 e. The third-order valence-corrected chi connectivity index (χ3v) is 3.38. The van der Waals surface area contributed by atoms with Crippen molar-refractivity contribution in [2.24, 2.45) is 5.41 Å². The quantitative estimate of drug-likeness (QED) is 0.644. The lowest BCUT2D eigenvalue weighted by atomic mass is 9.99. The number of carbonyl (C=O) groups is 4. The van der Waals surface area contributed by atoms with Gasteiger partial charge in [0.05, 0.1) is 28.9 Å². The lowest BCUT2D eigenvalue weighted by molar-refractivity contribution is 0.0366. The molecule has 0 bridgehead atoms. The molecule has 0 saturated carbocycles. The Morgan fingerprint density at radius 3 is 1.17 bits per heavy atom. The molecule has 0 unspecified atom stereocenters. The summed E-state index contributed by atoms with van der Waals surface area (Å²) in [4.78, 5) is 42.9. The van der Waals surface area contributed by atoms with E-state index in [4.69, 9.17) is 20.1 Å². The van der Waals surface area contributed by atoms with Crippen LogP contribution in [-0.4, -0.2) is 45.8 Å². The van der Waals surface area contributed by atoms with E-state index in [-0.39, 0.29) is 22.1 Å². The van der Waals surface area contributed by atoms with Crippen LogP contribution in [0.2, 0.25) is 0 Å². The minimum atomic E-state index is -1.06. The van der Waals surface area contributed by atoms with E-state index in [0.29, 0.717) is 12.2 Å². The number of carbonyl (C=O) groups excluding carboxylic acids is 1. The van der Waals surface area contributed by atoms with Gasteiger partial charge in [0.25, 0.3) is 0 Å². The van der Waals surface area contributed by atoms with E-state index in [2.05, 4.69) is 0 Å². The number of hydrogen-bond acceptors (Lipinski definition) is 5. The molecule has 0 radical (unpaired) electrons. The van der Waals surface area contributed by atoms with Crippen LogP contribution in [0.15, 0.2) is 48.5 Å². The van der Waals surface area contributed by atoms with Crippen LogP contribution in [-0.2, 0) is 4.74 Å². The third-order valence-electron chi connectivity index (χ3n) is 3.38. The SMILES string of the molecule is CC(C)(C)COC(=O)c1ccc(C(=O)O)cc1.O=C(O)c1ccc(C(=O)O)cc1. The van der Waals surface area contributed by atoms with Crippen LogP contribution >= 0.6 is 0 Å². The second-order valence-corrected chi connectivity index (χ2v) is 7.21. The third kappa shape index (κ3) is 8.25. The van der Waals surface area contributed by atoms with Crippen molar-refractivity contribution in [1.29, 1.82) is 0 Å². The van der Waals surface area contributed by atoms with E-state index >= 15 is 0 Å². The largest absolute Gasteiger partial charge is 0.478 e. The van der Waals surface area contributed by atoms with Crippen LogP contribution in [0.3, 0.4) is 0 Å². The van der Waals surface area contributed by atoms with Gasteiger partial charge in [-0.3, -0.25) is 0 Å². The van der Waals surface area contributed by atoms with Crippen molar-refractivity contribution in [3.8, 4) is 0 Å². The Bertz CT molecular complexity index is 841. The molecule has 0 heterocycles. The van der Waals surface area contributed by atoms with Crippen LogP contribution in [0.4, 0.5) is 0 Å². The molecule has 0 amide bonds. The van der Waals surface area contributed by atoms with Crippen molar-refractivity contribution in [3.05, 3.63) is 70.8 Å². The summed E-state index contributed by atoms with van der Waals surface area (Å²) in [6.45, 7) is 6.22. The highest BCUT2D eigenvalue weighted by Gasteiger charge is 2.15. The van der Waals surface area contributed by atoms with Gasteiger partial charge in [-0.25, -0.2) is 19.2 Å². The van der Waals surface area contributed by atoms with Gasteiger partial charge in [-0.15, -0.1) is 0 Å². The second kappa shape index (κ2) is 10.0. The number of ether oxygens (including phenoxy) is 1. The van der Waals surface area contributed by atoms with Crippen molar-refractivity contribution in [2.45, 2.75) is 20.8 Å². The first-order valence-electron chi connectivity index (χ1n) is 8.48. The lowest BCUT2D eigenvalue weighted by Gasteiger charge is -2.17. The van der Waals surface area contributed by atoms with Gasteiger partial charge < -0.3 is 20.1 Å². The molecule has 0 atom stereocenters. The Morgan fingerprint density at radius 1 is 0.655 bits per heavy atom. The number of benzene rings is 2. The van der Waals surface area contributed by atoms with Crippen molar-refractivity contribution in [2.75, 3.05) is 6.61 Å². The predicted molar refractivity (Wildman–Crippen MR) is 103 cm³/mol. The Balaban J connectivity index is 0.000000308. The first kappa shape index (κ1) is 23.4. The zero-order valence-corrected chi connectivity index (χ0v) is 16.2. The summed E-state index contributed by atoms with van der Waals surface area (Å²) < 4.78 is 5.11. The van der Waals surface area contributed by atoms with Crippen LogP contribution in [0.25, 0.3) is 0 Å². The molecule has 0 aliphatic carbocycles. The smallest absolute Gasteiger partial charge is 0.338 e. The fraction of sp³-hybridized carbons (Fsp3) is 0.238. The summed E-state index contributed by atoms with van der Waals surface area (Å²) in [6.07, 6.45) is 0. The molecular weight excluding hydrogens is 380 g/mol. The predicted octanol–water partition coefficient (Wildman–Crippen LogP) is 3.67. The maximum absolute atomic E-state index is 11.6. The molecule has 2 rings (SSSR count). The van der Waals surface area contributed by atoms with E-state index in [1.165, 1.54) is 48.5 Å². The maximum Gasteiger partial charge on any atom is 0.338 e. The van der Waals surface area contributed by atoms with Crippen LogP contribution in [0.1, 0.15) is 62.2 Å². The molecule has 2 aromatic carbocycles. The van der Waals surface area contributed by atoms with Crippen LogP contribution in [0, 0.1) is 5.41 Å². The van der Waals surface area contributed by atoms with Gasteiger partial charge in [-0.1, -0.05) is 20.8 Å². The molecule has 154 valence electrons. The van der Waals surface area contributed by atoms with Crippen molar-refractivity contribution in [1.82, 2.24) is 0 Å². The van der Waals surface area contributed by atoms with Crippen LogP contribution < -0.4 is 0 Å². The number of carboxylic acids is 3. The Kier molecular flexibility index (Phi) is 8.08. The zero-order valence-electron chi connectivity index (χ0n) is 16.2. The standard InChI is InChI=1S/C13H16O4.C8H6O4/c1-13(2,3)8-17-12(16)10-6-4-9(5-7-10)11(14)15;9-7(10)5-1-2-6(4-3-5)8(11)12/h4-7H,8H2,1-3H3,(H,14,15);1-4H,(H,9,10)(H,11,12). The Labute approximate surface area is 167 Å². The van der Waals surface area contributed by atoms with Gasteiger partial charge >= 0.3 is 23.9 Å². The van der Waals surface area contributed by atoms with Gasteiger partial charge in [-0.2, -0.15) is 0 Å². The molecule has 0 aliphatic heterocycles. The molecule has 0 aliphatic rings. The summed E-state index contributed by atoms with van der Waals surface area (Å²) in [7, 11) is 0. The van der Waals surface area contributed by atoms with E-state index in [1.807, 2.05) is 20.8 Å². The highest BCUT2D eigenvalue weighted by atomic mass is 16.5. The van der Waals surface area contributed by atoms with Crippen molar-refractivity contribution >= 4 is 23.9 Å². The fourth-order valence-corrected chi connectivity index (χ4v) is 1.87. The average molecular weight is 402 g/mol. The zero-order chi connectivity index (χ0) is 22.2. The first-order chi connectivity index (χ1) is 13.4. The molecule has 0 saturated heterocycles. The molecule has 2 aromatic rings. The van der Waals surface area contributed by atoms with Crippen LogP contribution in [0.5, 0.6) is 0 Å². The van der Waals surface area contributed by atoms with E-state index < -0.39 is 23.9 Å². The molecular formula is C21H22O8. The van der Waals surface area contributed by atoms with Gasteiger partial charge in [0.15, 0.2) is 0 Å². The van der Waals surface area contributed by atoms with E-state index in [9.17, 15) is 19.2 Å². The van der Waals surface area contributed by atoms with Gasteiger partial charge in [0.1, 0.15) is 0 Å².